The second-order valence-electron chi connectivity index (χ2n) is 3.72. The van der Waals surface area contributed by atoms with E-state index in [2.05, 4.69) is 15.6 Å². The third-order valence-electron chi connectivity index (χ3n) is 2.57. The summed E-state index contributed by atoms with van der Waals surface area (Å²) in [6.45, 7) is 1.75. The van der Waals surface area contributed by atoms with Gasteiger partial charge in [0.05, 0.1) is 0 Å². The standard InChI is InChI=1S/C11H15N3O.2ClH/c15-11(10-5-1-2-6-13-10)14-8-9-4-3-7-12-9;;/h1-2,5-6,9,12H,3-4,7-8H2,(H,14,15);2*1H. The van der Waals surface area contributed by atoms with Gasteiger partial charge < -0.3 is 10.6 Å². The maximum absolute atomic E-state index is 11.6. The molecule has 6 heteroatoms. The number of aromatic nitrogens is 1. The summed E-state index contributed by atoms with van der Waals surface area (Å²) in [5.74, 6) is -0.0932. The second-order valence-corrected chi connectivity index (χ2v) is 3.72. The van der Waals surface area contributed by atoms with Crippen LogP contribution >= 0.6 is 24.8 Å². The second kappa shape index (κ2) is 8.28. The highest BCUT2D eigenvalue weighted by Crippen LogP contribution is 2.03. The maximum Gasteiger partial charge on any atom is 0.269 e. The van der Waals surface area contributed by atoms with Crippen molar-refractivity contribution in [2.75, 3.05) is 13.1 Å². The number of carbonyl (C=O) groups is 1. The Bertz CT molecular complexity index is 329. The van der Waals surface area contributed by atoms with Gasteiger partial charge in [0.2, 0.25) is 0 Å². The zero-order chi connectivity index (χ0) is 10.5. The Labute approximate surface area is 113 Å². The Balaban J connectivity index is 0.00000128. The fraction of sp³-hybridized carbons (Fsp3) is 0.455. The molecule has 0 saturated carbocycles. The van der Waals surface area contributed by atoms with E-state index >= 15 is 0 Å². The third-order valence-corrected chi connectivity index (χ3v) is 2.57. The minimum absolute atomic E-state index is 0. The molecule has 96 valence electrons. The molecule has 1 atom stereocenters. The molecule has 1 aliphatic heterocycles. The van der Waals surface area contributed by atoms with Crippen LogP contribution in [0.2, 0.25) is 0 Å². The zero-order valence-electron chi connectivity index (χ0n) is 9.39. The molecule has 0 bridgehead atoms. The molecule has 0 radical (unpaired) electrons. The van der Waals surface area contributed by atoms with Crippen molar-refractivity contribution in [3.05, 3.63) is 30.1 Å². The average Bonchev–Trinajstić information content (AvgIpc) is 2.80. The molecule has 1 aromatic rings. The molecule has 0 aromatic carbocycles. The summed E-state index contributed by atoms with van der Waals surface area (Å²) in [4.78, 5) is 15.6. The van der Waals surface area contributed by atoms with Crippen molar-refractivity contribution in [2.24, 2.45) is 0 Å². The maximum atomic E-state index is 11.6. The van der Waals surface area contributed by atoms with Gasteiger partial charge >= 0.3 is 0 Å². The summed E-state index contributed by atoms with van der Waals surface area (Å²) in [5.41, 5.74) is 0.482. The fourth-order valence-corrected chi connectivity index (χ4v) is 1.73. The van der Waals surface area contributed by atoms with E-state index in [0.717, 1.165) is 13.0 Å². The van der Waals surface area contributed by atoms with Crippen LogP contribution in [0.25, 0.3) is 0 Å². The van der Waals surface area contributed by atoms with Crippen LogP contribution in [-0.4, -0.2) is 30.0 Å². The first-order chi connectivity index (χ1) is 7.36. The summed E-state index contributed by atoms with van der Waals surface area (Å²) >= 11 is 0. The Kier molecular flexibility index (Phi) is 7.87. The van der Waals surface area contributed by atoms with Gasteiger partial charge in [-0.05, 0) is 31.5 Å². The molecule has 2 heterocycles. The van der Waals surface area contributed by atoms with Gasteiger partial charge in [0.15, 0.2) is 0 Å². The van der Waals surface area contributed by atoms with Crippen molar-refractivity contribution >= 4 is 30.7 Å². The van der Waals surface area contributed by atoms with Gasteiger partial charge in [-0.25, -0.2) is 0 Å². The van der Waals surface area contributed by atoms with Crippen LogP contribution in [0.5, 0.6) is 0 Å². The van der Waals surface area contributed by atoms with E-state index in [0.29, 0.717) is 18.3 Å². The molecular formula is C11H17Cl2N3O. The number of rotatable bonds is 3. The molecular weight excluding hydrogens is 261 g/mol. The largest absolute Gasteiger partial charge is 0.349 e. The minimum atomic E-state index is -0.0932. The molecule has 17 heavy (non-hydrogen) atoms. The molecule has 1 aliphatic rings. The Morgan fingerprint density at radius 2 is 2.29 bits per heavy atom. The molecule has 1 amide bonds. The van der Waals surface area contributed by atoms with E-state index in [1.807, 2.05) is 6.07 Å². The van der Waals surface area contributed by atoms with Crippen LogP contribution in [-0.2, 0) is 0 Å². The average molecular weight is 278 g/mol. The number of amides is 1. The van der Waals surface area contributed by atoms with E-state index in [9.17, 15) is 4.79 Å². The Hall–Kier alpha value is -0.840. The number of nitrogens with zero attached hydrogens (tertiary/aromatic N) is 1. The van der Waals surface area contributed by atoms with Crippen LogP contribution in [0.4, 0.5) is 0 Å². The fourth-order valence-electron chi connectivity index (χ4n) is 1.73. The van der Waals surface area contributed by atoms with Crippen LogP contribution < -0.4 is 10.6 Å². The molecule has 0 aliphatic carbocycles. The van der Waals surface area contributed by atoms with Crippen molar-refractivity contribution in [1.82, 2.24) is 15.6 Å². The number of nitrogens with one attached hydrogen (secondary N) is 2. The number of hydrogen-bond donors (Lipinski definition) is 2. The van der Waals surface area contributed by atoms with E-state index < -0.39 is 0 Å². The van der Waals surface area contributed by atoms with Crippen LogP contribution in [0.1, 0.15) is 23.3 Å². The lowest BCUT2D eigenvalue weighted by Gasteiger charge is -2.10. The summed E-state index contributed by atoms with van der Waals surface area (Å²) in [6, 6.07) is 5.76. The lowest BCUT2D eigenvalue weighted by atomic mass is 10.2. The van der Waals surface area contributed by atoms with Crippen LogP contribution in [0.15, 0.2) is 24.4 Å². The summed E-state index contributed by atoms with van der Waals surface area (Å²) < 4.78 is 0. The smallest absolute Gasteiger partial charge is 0.269 e. The highest BCUT2D eigenvalue weighted by atomic mass is 35.5. The van der Waals surface area contributed by atoms with Crippen LogP contribution in [0, 0.1) is 0 Å². The van der Waals surface area contributed by atoms with Gasteiger partial charge in [0, 0.05) is 18.8 Å². The predicted molar refractivity (Wildman–Crippen MR) is 72.1 cm³/mol. The molecule has 2 rings (SSSR count). The SMILES string of the molecule is Cl.Cl.O=C(NCC1CCCN1)c1ccccn1. The molecule has 1 saturated heterocycles. The first-order valence-electron chi connectivity index (χ1n) is 5.29. The normalized spacial score (nSPS) is 17.8. The van der Waals surface area contributed by atoms with Crippen LogP contribution in [0.3, 0.4) is 0 Å². The molecule has 2 N–H and O–H groups in total. The van der Waals surface area contributed by atoms with Gasteiger partial charge in [-0.15, -0.1) is 24.8 Å². The monoisotopic (exact) mass is 277 g/mol. The van der Waals surface area contributed by atoms with Crippen molar-refractivity contribution in [2.45, 2.75) is 18.9 Å². The van der Waals surface area contributed by atoms with Crippen molar-refractivity contribution in [3.63, 3.8) is 0 Å². The van der Waals surface area contributed by atoms with Crippen molar-refractivity contribution in [3.8, 4) is 0 Å². The Morgan fingerprint density at radius 3 is 2.88 bits per heavy atom. The van der Waals surface area contributed by atoms with Gasteiger partial charge in [-0.2, -0.15) is 0 Å². The van der Waals surface area contributed by atoms with E-state index in [1.54, 1.807) is 18.3 Å². The summed E-state index contributed by atoms with van der Waals surface area (Å²) in [5, 5.41) is 6.21. The quantitative estimate of drug-likeness (QED) is 0.879. The van der Waals surface area contributed by atoms with E-state index in [-0.39, 0.29) is 30.7 Å². The molecule has 1 fully saturated rings. The Morgan fingerprint density at radius 1 is 1.47 bits per heavy atom. The summed E-state index contributed by atoms with van der Waals surface area (Å²) in [6.07, 6.45) is 3.97. The molecule has 1 aromatic heterocycles. The first-order valence-corrected chi connectivity index (χ1v) is 5.29. The minimum Gasteiger partial charge on any atom is -0.349 e. The first kappa shape index (κ1) is 16.2. The van der Waals surface area contributed by atoms with E-state index in [1.165, 1.54) is 6.42 Å². The molecule has 1 unspecified atom stereocenters. The van der Waals surface area contributed by atoms with Gasteiger partial charge in [0.25, 0.3) is 5.91 Å². The topological polar surface area (TPSA) is 54.0 Å². The van der Waals surface area contributed by atoms with Crippen molar-refractivity contribution < 1.29 is 4.79 Å². The molecule has 0 spiro atoms. The lowest BCUT2D eigenvalue weighted by molar-refractivity contribution is 0.0945. The summed E-state index contributed by atoms with van der Waals surface area (Å²) in [7, 11) is 0. The zero-order valence-corrected chi connectivity index (χ0v) is 11.0. The van der Waals surface area contributed by atoms with E-state index in [4.69, 9.17) is 0 Å². The number of hydrogen-bond acceptors (Lipinski definition) is 3. The van der Waals surface area contributed by atoms with Crippen molar-refractivity contribution in [1.29, 1.82) is 0 Å². The van der Waals surface area contributed by atoms with Gasteiger partial charge in [-0.1, -0.05) is 6.07 Å². The highest BCUT2D eigenvalue weighted by molar-refractivity contribution is 5.92. The number of pyridine rings is 1. The highest BCUT2D eigenvalue weighted by Gasteiger charge is 2.15. The lowest BCUT2D eigenvalue weighted by Crippen LogP contribution is -2.37. The molecule has 4 nitrogen and oxygen atoms in total. The number of halogens is 2. The predicted octanol–water partition coefficient (Wildman–Crippen LogP) is 1.41. The van der Waals surface area contributed by atoms with Gasteiger partial charge in [0.1, 0.15) is 5.69 Å². The third kappa shape index (κ3) is 4.89. The van der Waals surface area contributed by atoms with Gasteiger partial charge in [-0.3, -0.25) is 9.78 Å². The number of carbonyl (C=O) groups excluding carboxylic acids is 1.